The highest BCUT2D eigenvalue weighted by Crippen LogP contribution is 2.39. The Hall–Kier alpha value is -6.92. The first-order chi connectivity index (χ1) is 48.6. The number of anilines is 1. The largest absolute Gasteiger partial charge is 0.505 e. The Morgan fingerprint density at radius 3 is 1.83 bits per heavy atom. The average Bonchev–Trinajstić information content (AvgIpc) is 1.51. The summed E-state index contributed by atoms with van der Waals surface area (Å²) < 4.78 is 28.9. The molecule has 0 spiro atoms. The van der Waals surface area contributed by atoms with Crippen LogP contribution < -0.4 is 16.0 Å². The molecule has 5 rings (SSSR count). The minimum atomic E-state index is -2.32. The van der Waals surface area contributed by atoms with E-state index in [1.54, 1.807) is 129 Å². The molecule has 578 valence electrons. The molecule has 0 aliphatic carbocycles. The van der Waals surface area contributed by atoms with Crippen LogP contribution in [-0.4, -0.2) is 288 Å². The molecular weight excluding hydrogens is 1350 g/mol. The Balaban J connectivity index is 0.00000169. The Labute approximate surface area is 601 Å². The number of ketones is 2. The van der Waals surface area contributed by atoms with E-state index in [-0.39, 0.29) is 50.0 Å². The minimum Gasteiger partial charge on any atom is -0.505 e. The fourth-order valence-corrected chi connectivity index (χ4v) is 12.1. The van der Waals surface area contributed by atoms with Crippen LogP contribution in [0.5, 0.6) is 0 Å². The van der Waals surface area contributed by atoms with Gasteiger partial charge < -0.3 is 121 Å². The van der Waals surface area contributed by atoms with Gasteiger partial charge in [0.15, 0.2) is 29.7 Å². The fraction of sp³-hybridized carbons (Fsp3) is 0.616. The molecule has 30 heteroatoms. The SMILES string of the molecule is CNc1ccc(C(=O)CC(O)CC[C@H](C)[C@H]2OC(=O)C[C@H](O)CC(=O)C[C@H](O)C[C@H](O)C[C@H](O)C[C@H](O)C[C@]3(O)C[C@H](O)[C@@H](C(=O)NCCN(C)C)C(C[C@@H](O[C@@H]4O[C@H](C)[C@@H](O)[C@H](NC(=O)CN(C)C)[C@@H]4O)/C=C/C=C/C=C/C=C/C=C/C=C/C=C/[C@@H]2C)O3)cc1.O=C1O[C@H]([C@@H](O)CO)C(O)=C1O. The van der Waals surface area contributed by atoms with E-state index in [1.807, 2.05) is 38.9 Å². The number of rotatable bonds is 19. The second-order valence-corrected chi connectivity index (χ2v) is 27.2. The number of esters is 2. The number of carbonyl (C=O) groups excluding carboxylic acids is 6. The predicted molar refractivity (Wildman–Crippen MR) is 377 cm³/mol. The molecule has 4 aliphatic heterocycles. The first kappa shape index (κ1) is 88.5. The maximum absolute atomic E-state index is 14.0. The predicted octanol–water partition coefficient (Wildman–Crippen LogP) is 0.651. The van der Waals surface area contributed by atoms with Crippen molar-refractivity contribution in [3.05, 3.63) is 126 Å². The summed E-state index contributed by atoms with van der Waals surface area (Å²) >= 11 is 0. The van der Waals surface area contributed by atoms with Gasteiger partial charge in [0.05, 0.1) is 92.6 Å². The zero-order chi connectivity index (χ0) is 76.7. The summed E-state index contributed by atoms with van der Waals surface area (Å²) in [7, 11) is 8.75. The van der Waals surface area contributed by atoms with E-state index in [9.17, 15) is 79.8 Å². The number of allylic oxidation sites excluding steroid dienone is 12. The number of fused-ring (bicyclic) bond motifs is 2. The molecule has 30 nitrogen and oxygen atoms in total. The van der Waals surface area contributed by atoms with Crippen LogP contribution in [0, 0.1) is 17.8 Å². The molecule has 17 N–H and O–H groups in total. The third kappa shape index (κ3) is 31.4. The number of hydrogen-bond donors (Lipinski definition) is 17. The van der Waals surface area contributed by atoms with Crippen LogP contribution >= 0.6 is 0 Å². The molecule has 21 atom stereocenters. The van der Waals surface area contributed by atoms with Gasteiger partial charge in [0.1, 0.15) is 30.2 Å². The minimum absolute atomic E-state index is 0.0513. The van der Waals surface area contributed by atoms with Gasteiger partial charge in [-0.25, -0.2) is 4.79 Å². The van der Waals surface area contributed by atoms with Gasteiger partial charge in [0.25, 0.3) is 0 Å². The molecule has 2 fully saturated rings. The lowest BCUT2D eigenvalue weighted by atomic mass is 9.82. The summed E-state index contributed by atoms with van der Waals surface area (Å²) in [6.07, 6.45) is -0.589. The van der Waals surface area contributed by atoms with Crippen LogP contribution in [0.1, 0.15) is 108 Å². The number of amides is 2. The summed E-state index contributed by atoms with van der Waals surface area (Å²) in [5.74, 6) is -9.88. The third-order valence-corrected chi connectivity index (χ3v) is 17.5. The zero-order valence-electron chi connectivity index (χ0n) is 59.9. The van der Waals surface area contributed by atoms with E-state index >= 15 is 0 Å². The van der Waals surface area contributed by atoms with E-state index < -0.39 is 215 Å². The van der Waals surface area contributed by atoms with Crippen molar-refractivity contribution in [1.29, 1.82) is 0 Å². The van der Waals surface area contributed by atoms with E-state index in [0.717, 1.165) is 5.69 Å². The summed E-state index contributed by atoms with van der Waals surface area (Å²) in [5, 5.41) is 156. The lowest BCUT2D eigenvalue weighted by Gasteiger charge is -2.46. The number of hydrogen-bond acceptors (Lipinski definition) is 28. The standard InChI is InChI=1S/C67H103N5O19.C6H8O6/c1-42-21-19-17-15-13-11-9-10-12-14-16-18-20-22-54(89-66-63(85)61(62(84)44(3)88-66)70-58(82)41-72(7)8)38-57-60(65(86)69-29-30-71(5)6)56(81)40-67(87,91-57)39-53(79)35-51(77)33-49(75)31-48(74)32-50(76)34-52(78)37-59(83)90-64(42)43(2)23-28-47(73)36-55(80)45-24-26-46(68-4)27-25-45;7-1-2(8)5-3(9)4(10)6(11)12-5/h9-22,24-27,42-44,47-49,51-54,56-57,60-64,66,68,73-75,77-79,81,84-85,87H,23,28-41H2,1-8H3,(H,69,86)(H,70,82);2,5,7-10H,1H2/b10-9+,13-11+,14-12+,17-15+,18-16+,21-19+,22-20+;/t42-,43-,44+,47?,48+,49-,51-,52+,53-,54-,56-,57?,60+,61-,62+,63-,64-,66-,67+;2-,5+/m00/s1. The molecule has 0 aromatic heterocycles. The first-order valence-corrected chi connectivity index (χ1v) is 34.7. The van der Waals surface area contributed by atoms with Crippen LogP contribution in [0.4, 0.5) is 5.69 Å². The molecule has 1 aromatic rings. The number of ether oxygens (including phenoxy) is 5. The average molecular weight is 1460 g/mol. The summed E-state index contributed by atoms with van der Waals surface area (Å²) in [6, 6.07) is 5.68. The molecule has 2 unspecified atom stereocenters. The molecule has 4 heterocycles. The van der Waals surface area contributed by atoms with Crippen molar-refractivity contribution in [1.82, 2.24) is 20.4 Å². The van der Waals surface area contributed by atoms with Crippen LogP contribution in [0.2, 0.25) is 0 Å². The molecule has 2 amide bonds. The van der Waals surface area contributed by atoms with Crippen LogP contribution in [0.3, 0.4) is 0 Å². The maximum atomic E-state index is 14.0. The molecule has 103 heavy (non-hydrogen) atoms. The van der Waals surface area contributed by atoms with E-state index in [2.05, 4.69) is 20.7 Å². The quantitative estimate of drug-likeness (QED) is 0.0668. The Bertz CT molecular complexity index is 3060. The van der Waals surface area contributed by atoms with Crippen molar-refractivity contribution in [2.75, 3.05) is 66.8 Å². The number of aliphatic hydroxyl groups excluding tert-OH is 13. The van der Waals surface area contributed by atoms with Crippen molar-refractivity contribution >= 4 is 41.0 Å². The molecule has 2 saturated heterocycles. The molecular formula is C73H111N5O25. The van der Waals surface area contributed by atoms with Gasteiger partial charge in [-0.2, -0.15) is 0 Å². The topological polar surface area (TPSA) is 474 Å². The number of cyclic esters (lactones) is 2. The molecule has 1 aromatic carbocycles. The van der Waals surface area contributed by atoms with Crippen molar-refractivity contribution in [2.45, 2.75) is 207 Å². The number of benzene rings is 1. The molecule has 4 aliphatic rings. The van der Waals surface area contributed by atoms with E-state index in [0.29, 0.717) is 18.5 Å². The summed E-state index contributed by atoms with van der Waals surface area (Å²) in [4.78, 5) is 80.3. The highest BCUT2D eigenvalue weighted by Gasteiger charge is 2.51. The van der Waals surface area contributed by atoms with Gasteiger partial charge in [-0.15, -0.1) is 0 Å². The lowest BCUT2D eigenvalue weighted by molar-refractivity contribution is -0.307. The number of nitrogens with one attached hydrogen (secondary N) is 3. The smallest absolute Gasteiger partial charge is 0.377 e. The first-order valence-electron chi connectivity index (χ1n) is 34.7. The highest BCUT2D eigenvalue weighted by molar-refractivity contribution is 5.96. The number of aliphatic hydroxyl groups is 14. The molecule has 2 bridgehead atoms. The van der Waals surface area contributed by atoms with Gasteiger partial charge in [-0.1, -0.05) is 98.9 Å². The number of Topliss-reactive ketones (excluding diaryl/α,β-unsaturated/α-hetero) is 2. The molecule has 0 saturated carbocycles. The Kier molecular flexibility index (Phi) is 38.5. The van der Waals surface area contributed by atoms with E-state index in [1.165, 1.54) is 6.92 Å². The number of nitrogens with zero attached hydrogens (tertiary/aromatic N) is 2. The van der Waals surface area contributed by atoms with Gasteiger partial charge in [-0.05, 0) is 97.4 Å². The Morgan fingerprint density at radius 2 is 1.27 bits per heavy atom. The Morgan fingerprint density at radius 1 is 0.699 bits per heavy atom. The third-order valence-electron chi connectivity index (χ3n) is 17.5. The second-order valence-electron chi connectivity index (χ2n) is 27.2. The summed E-state index contributed by atoms with van der Waals surface area (Å²) in [5.41, 5.74) is 1.30. The monoisotopic (exact) mass is 1460 g/mol. The lowest BCUT2D eigenvalue weighted by Crippen LogP contribution is -2.64. The van der Waals surface area contributed by atoms with Crippen molar-refractivity contribution in [2.24, 2.45) is 17.8 Å². The van der Waals surface area contributed by atoms with Gasteiger partial charge >= 0.3 is 11.9 Å². The fourth-order valence-electron chi connectivity index (χ4n) is 12.1. The van der Waals surface area contributed by atoms with Crippen molar-refractivity contribution in [3.63, 3.8) is 0 Å². The van der Waals surface area contributed by atoms with Gasteiger partial charge in [0, 0.05) is 75.8 Å². The molecule has 0 radical (unpaired) electrons. The van der Waals surface area contributed by atoms with Crippen molar-refractivity contribution < 1.29 is 124 Å². The number of likely N-dealkylation sites (N-methyl/N-ethyl adjacent to an activating group) is 2. The summed E-state index contributed by atoms with van der Waals surface area (Å²) in [6.45, 7) is 5.14. The van der Waals surface area contributed by atoms with Crippen LogP contribution in [0.25, 0.3) is 0 Å². The van der Waals surface area contributed by atoms with Crippen LogP contribution in [0.15, 0.2) is 121 Å². The second kappa shape index (κ2) is 44.8. The van der Waals surface area contributed by atoms with Gasteiger partial charge in [-0.3, -0.25) is 24.0 Å². The van der Waals surface area contributed by atoms with Crippen molar-refractivity contribution in [3.8, 4) is 0 Å². The zero-order valence-corrected chi connectivity index (χ0v) is 59.9. The van der Waals surface area contributed by atoms with Gasteiger partial charge in [0.2, 0.25) is 17.6 Å². The number of carbonyl (C=O) groups is 6. The van der Waals surface area contributed by atoms with Crippen LogP contribution in [-0.2, 0) is 47.7 Å². The highest BCUT2D eigenvalue weighted by atomic mass is 16.7. The van der Waals surface area contributed by atoms with E-state index in [4.69, 9.17) is 39.4 Å². The maximum Gasteiger partial charge on any atom is 0.377 e. The normalized spacial score (nSPS) is 33.8.